The highest BCUT2D eigenvalue weighted by Crippen LogP contribution is 2.24. The van der Waals surface area contributed by atoms with E-state index < -0.39 is 24.6 Å². The first-order chi connectivity index (χ1) is 11.3. The molecule has 1 aromatic heterocycles. The molecule has 1 heterocycles. The number of alkyl halides is 3. The third-order valence-electron chi connectivity index (χ3n) is 2.86. The predicted molar refractivity (Wildman–Crippen MR) is 80.1 cm³/mol. The van der Waals surface area contributed by atoms with Crippen molar-refractivity contribution >= 4 is 23.3 Å². The van der Waals surface area contributed by atoms with Crippen LogP contribution in [0.5, 0.6) is 0 Å². The van der Waals surface area contributed by atoms with Crippen LogP contribution < -0.4 is 10.6 Å². The highest BCUT2D eigenvalue weighted by Gasteiger charge is 2.27. The Bertz CT molecular complexity index is 763. The van der Waals surface area contributed by atoms with Gasteiger partial charge in [-0.1, -0.05) is 18.2 Å². The summed E-state index contributed by atoms with van der Waals surface area (Å²) in [5, 5.41) is 13.5. The number of carbonyl (C=O) groups is 2. The maximum Gasteiger partial charge on any atom is 0.405 e. The highest BCUT2D eigenvalue weighted by atomic mass is 19.4. The van der Waals surface area contributed by atoms with E-state index in [0.29, 0.717) is 0 Å². The zero-order chi connectivity index (χ0) is 17.7. The average Bonchev–Trinajstić information content (AvgIpc) is 2.53. The van der Waals surface area contributed by atoms with Gasteiger partial charge in [-0.25, -0.2) is 9.78 Å². The molecule has 0 saturated carbocycles. The van der Waals surface area contributed by atoms with Crippen molar-refractivity contribution in [3.8, 4) is 0 Å². The van der Waals surface area contributed by atoms with E-state index in [-0.39, 0.29) is 22.8 Å². The average molecular weight is 339 g/mol. The van der Waals surface area contributed by atoms with E-state index in [1.54, 1.807) is 0 Å². The number of rotatable bonds is 5. The second kappa shape index (κ2) is 6.99. The van der Waals surface area contributed by atoms with E-state index in [2.05, 4.69) is 15.6 Å². The SMILES string of the molecule is O=C(O)c1cccc(C(=O)Nc2ccccc2NCC(F)(F)F)n1. The molecule has 0 aliphatic carbocycles. The van der Waals surface area contributed by atoms with Crippen LogP contribution in [0.15, 0.2) is 42.5 Å². The summed E-state index contributed by atoms with van der Waals surface area (Å²) in [6, 6.07) is 9.71. The number of pyridine rings is 1. The maximum absolute atomic E-state index is 12.3. The second-order valence-corrected chi connectivity index (χ2v) is 4.68. The van der Waals surface area contributed by atoms with E-state index in [0.717, 1.165) is 0 Å². The van der Waals surface area contributed by atoms with Crippen LogP contribution >= 0.6 is 0 Å². The van der Waals surface area contributed by atoms with Gasteiger partial charge in [0.25, 0.3) is 5.91 Å². The normalized spacial score (nSPS) is 11.0. The van der Waals surface area contributed by atoms with Gasteiger partial charge in [-0.2, -0.15) is 13.2 Å². The maximum atomic E-state index is 12.3. The molecule has 1 aromatic carbocycles. The molecule has 6 nitrogen and oxygen atoms in total. The van der Waals surface area contributed by atoms with Gasteiger partial charge < -0.3 is 15.7 Å². The van der Waals surface area contributed by atoms with Gasteiger partial charge in [0.05, 0.1) is 11.4 Å². The van der Waals surface area contributed by atoms with Crippen molar-refractivity contribution in [2.45, 2.75) is 6.18 Å². The summed E-state index contributed by atoms with van der Waals surface area (Å²) in [5.41, 5.74) is -0.279. The number of hydrogen-bond donors (Lipinski definition) is 3. The molecular formula is C15H12F3N3O3. The summed E-state index contributed by atoms with van der Waals surface area (Å²) in [6.07, 6.45) is -4.41. The van der Waals surface area contributed by atoms with Crippen molar-refractivity contribution < 1.29 is 27.9 Å². The summed E-state index contributed by atoms with van der Waals surface area (Å²) in [7, 11) is 0. The van der Waals surface area contributed by atoms with E-state index in [1.807, 2.05) is 0 Å². The number of nitrogens with one attached hydrogen (secondary N) is 2. The van der Waals surface area contributed by atoms with Gasteiger partial charge in [0.15, 0.2) is 0 Å². The molecule has 0 unspecified atom stereocenters. The zero-order valence-electron chi connectivity index (χ0n) is 12.1. The fraction of sp³-hybridized carbons (Fsp3) is 0.133. The van der Waals surface area contributed by atoms with E-state index in [4.69, 9.17) is 5.11 Å². The van der Waals surface area contributed by atoms with Crippen molar-refractivity contribution in [1.82, 2.24) is 4.98 Å². The smallest absolute Gasteiger partial charge is 0.405 e. The van der Waals surface area contributed by atoms with Crippen molar-refractivity contribution in [3.05, 3.63) is 53.9 Å². The van der Waals surface area contributed by atoms with Crippen LogP contribution in [0.25, 0.3) is 0 Å². The van der Waals surface area contributed by atoms with Gasteiger partial charge in [-0.05, 0) is 24.3 Å². The van der Waals surface area contributed by atoms with Gasteiger partial charge in [-0.3, -0.25) is 4.79 Å². The number of aromatic carboxylic acids is 1. The monoisotopic (exact) mass is 339 g/mol. The first-order valence-corrected chi connectivity index (χ1v) is 6.67. The van der Waals surface area contributed by atoms with Gasteiger partial charge in [-0.15, -0.1) is 0 Å². The Kier molecular flexibility index (Phi) is 5.02. The van der Waals surface area contributed by atoms with Gasteiger partial charge >= 0.3 is 12.1 Å². The van der Waals surface area contributed by atoms with Crippen molar-refractivity contribution in [1.29, 1.82) is 0 Å². The summed E-state index contributed by atoms with van der Waals surface area (Å²) in [4.78, 5) is 26.7. The molecule has 24 heavy (non-hydrogen) atoms. The van der Waals surface area contributed by atoms with Crippen LogP contribution in [0, 0.1) is 0 Å². The number of carboxylic acids is 1. The van der Waals surface area contributed by atoms with Crippen molar-refractivity contribution in [2.75, 3.05) is 17.2 Å². The Morgan fingerprint density at radius 1 is 1.00 bits per heavy atom. The number of halogens is 3. The van der Waals surface area contributed by atoms with E-state index >= 15 is 0 Å². The topological polar surface area (TPSA) is 91.3 Å². The molecule has 2 rings (SSSR count). The summed E-state index contributed by atoms with van der Waals surface area (Å²) in [6.45, 7) is -1.26. The number of hydrogen-bond acceptors (Lipinski definition) is 4. The number of anilines is 2. The number of amides is 1. The lowest BCUT2D eigenvalue weighted by atomic mass is 10.2. The zero-order valence-corrected chi connectivity index (χ0v) is 12.1. The van der Waals surface area contributed by atoms with Crippen LogP contribution in [-0.2, 0) is 0 Å². The van der Waals surface area contributed by atoms with Gasteiger partial charge in [0, 0.05) is 0 Å². The number of carbonyl (C=O) groups excluding carboxylic acids is 1. The van der Waals surface area contributed by atoms with Crippen LogP contribution in [0.1, 0.15) is 21.0 Å². The Morgan fingerprint density at radius 2 is 1.62 bits per heavy atom. The molecule has 126 valence electrons. The third kappa shape index (κ3) is 4.70. The standard InChI is InChI=1S/C15H12F3N3O3/c16-15(17,18)8-19-9-4-1-2-5-10(9)21-13(22)11-6-3-7-12(20-11)14(23)24/h1-7,19H,8H2,(H,21,22)(H,23,24). The summed E-state index contributed by atoms with van der Waals surface area (Å²) >= 11 is 0. The number of benzene rings is 1. The second-order valence-electron chi connectivity index (χ2n) is 4.68. The molecule has 2 aromatic rings. The number of aromatic nitrogens is 1. The molecular weight excluding hydrogens is 327 g/mol. The van der Waals surface area contributed by atoms with Crippen LogP contribution in [0.2, 0.25) is 0 Å². The number of carboxylic acid groups (broad SMARTS) is 1. The lowest BCUT2D eigenvalue weighted by molar-refractivity contribution is -0.115. The number of nitrogens with zero attached hydrogens (tertiary/aromatic N) is 1. The molecule has 0 bridgehead atoms. The molecule has 0 spiro atoms. The highest BCUT2D eigenvalue weighted by molar-refractivity contribution is 6.05. The fourth-order valence-corrected chi connectivity index (χ4v) is 1.81. The fourth-order valence-electron chi connectivity index (χ4n) is 1.81. The Hall–Kier alpha value is -3.10. The molecule has 0 aliphatic heterocycles. The Balaban J connectivity index is 2.17. The lowest BCUT2D eigenvalue weighted by Crippen LogP contribution is -2.22. The lowest BCUT2D eigenvalue weighted by Gasteiger charge is -2.14. The van der Waals surface area contributed by atoms with E-state index in [1.165, 1.54) is 42.5 Å². The van der Waals surface area contributed by atoms with Crippen LogP contribution in [0.3, 0.4) is 0 Å². The Morgan fingerprint density at radius 3 is 2.25 bits per heavy atom. The minimum atomic E-state index is -4.41. The quantitative estimate of drug-likeness (QED) is 0.779. The van der Waals surface area contributed by atoms with Crippen molar-refractivity contribution in [3.63, 3.8) is 0 Å². The molecule has 0 atom stereocenters. The first-order valence-electron chi connectivity index (χ1n) is 6.67. The molecule has 9 heteroatoms. The predicted octanol–water partition coefficient (Wildman–Crippen LogP) is 3.01. The largest absolute Gasteiger partial charge is 0.477 e. The minimum Gasteiger partial charge on any atom is -0.477 e. The molecule has 0 aliphatic rings. The van der Waals surface area contributed by atoms with Crippen LogP contribution in [0.4, 0.5) is 24.5 Å². The molecule has 0 saturated heterocycles. The Labute approximate surface area is 134 Å². The summed E-state index contributed by atoms with van der Waals surface area (Å²) < 4.78 is 36.9. The minimum absolute atomic E-state index is 0.0811. The third-order valence-corrected chi connectivity index (χ3v) is 2.86. The summed E-state index contributed by atoms with van der Waals surface area (Å²) in [5.74, 6) is -2.03. The molecule has 1 amide bonds. The molecule has 3 N–H and O–H groups in total. The van der Waals surface area contributed by atoms with Crippen LogP contribution in [-0.4, -0.2) is 34.7 Å². The molecule has 0 radical (unpaired) electrons. The molecule has 0 fully saturated rings. The first kappa shape index (κ1) is 17.3. The van der Waals surface area contributed by atoms with Crippen molar-refractivity contribution in [2.24, 2.45) is 0 Å². The van der Waals surface area contributed by atoms with Gasteiger partial charge in [0.1, 0.15) is 17.9 Å². The number of para-hydroxylation sites is 2. The van der Waals surface area contributed by atoms with E-state index in [9.17, 15) is 22.8 Å². The van der Waals surface area contributed by atoms with Gasteiger partial charge in [0.2, 0.25) is 0 Å².